The van der Waals surface area contributed by atoms with Gasteiger partial charge in [-0.1, -0.05) is 29.8 Å². The van der Waals surface area contributed by atoms with Crippen molar-refractivity contribution >= 4 is 5.97 Å². The number of aryl methyl sites for hydroxylation is 1. The molecule has 0 aliphatic rings. The first-order valence-corrected chi connectivity index (χ1v) is 5.17. The van der Waals surface area contributed by atoms with Crippen LogP contribution in [0.15, 0.2) is 24.3 Å². The fourth-order valence-corrected chi connectivity index (χ4v) is 1.54. The molecule has 0 fully saturated rings. The monoisotopic (exact) mass is 232 g/mol. The van der Waals surface area contributed by atoms with Gasteiger partial charge >= 0.3 is 5.97 Å². The number of nitrogens with zero attached hydrogens (tertiary/aromatic N) is 4. The maximum absolute atomic E-state index is 10.5. The Morgan fingerprint density at radius 3 is 3.00 bits per heavy atom. The minimum absolute atomic E-state index is 0.263. The largest absolute Gasteiger partial charge is 0.480 e. The van der Waals surface area contributed by atoms with E-state index < -0.39 is 5.97 Å². The quantitative estimate of drug-likeness (QED) is 0.837. The molecule has 0 aliphatic carbocycles. The van der Waals surface area contributed by atoms with Crippen LogP contribution in [-0.2, 0) is 17.8 Å². The maximum Gasteiger partial charge on any atom is 0.327 e. The molecule has 1 N–H and O–H groups in total. The number of carboxylic acid groups (broad SMARTS) is 1. The number of tetrazole rings is 1. The molecular weight excluding hydrogens is 220 g/mol. The Hall–Kier alpha value is -2.24. The summed E-state index contributed by atoms with van der Waals surface area (Å²) in [4.78, 5) is 11.5. The third-order valence-corrected chi connectivity index (χ3v) is 2.22. The van der Waals surface area contributed by atoms with Gasteiger partial charge in [0.25, 0.3) is 0 Å². The Kier molecular flexibility index (Phi) is 3.13. The van der Waals surface area contributed by atoms with Crippen molar-refractivity contribution in [2.75, 3.05) is 0 Å². The van der Waals surface area contributed by atoms with Crippen LogP contribution in [0.3, 0.4) is 0 Å². The van der Waals surface area contributed by atoms with E-state index in [0.29, 0.717) is 12.2 Å². The van der Waals surface area contributed by atoms with Crippen LogP contribution in [0.5, 0.6) is 0 Å². The van der Waals surface area contributed by atoms with Crippen molar-refractivity contribution in [2.45, 2.75) is 19.9 Å². The Morgan fingerprint density at radius 1 is 1.47 bits per heavy atom. The van der Waals surface area contributed by atoms with Gasteiger partial charge in [0.1, 0.15) is 0 Å². The summed E-state index contributed by atoms with van der Waals surface area (Å²) in [5.41, 5.74) is 2.25. The molecule has 2 rings (SSSR count). The van der Waals surface area contributed by atoms with E-state index in [2.05, 4.69) is 15.4 Å². The summed E-state index contributed by atoms with van der Waals surface area (Å²) >= 11 is 0. The smallest absolute Gasteiger partial charge is 0.327 e. The standard InChI is InChI=1S/C11H12N4O2/c1-8-3-2-4-9(5-8)6-10-12-14-15(13-10)7-11(16)17/h2-5H,6-7H2,1H3,(H,16,17). The van der Waals surface area contributed by atoms with Gasteiger partial charge in [0.2, 0.25) is 0 Å². The number of aliphatic carboxylic acids is 1. The fourth-order valence-electron chi connectivity index (χ4n) is 1.54. The van der Waals surface area contributed by atoms with E-state index in [1.54, 1.807) is 0 Å². The van der Waals surface area contributed by atoms with E-state index in [9.17, 15) is 4.79 Å². The van der Waals surface area contributed by atoms with Gasteiger partial charge in [-0.2, -0.15) is 4.80 Å². The Labute approximate surface area is 97.9 Å². The summed E-state index contributed by atoms with van der Waals surface area (Å²) in [6.45, 7) is 1.75. The highest BCUT2D eigenvalue weighted by Crippen LogP contribution is 2.07. The minimum Gasteiger partial charge on any atom is -0.480 e. The van der Waals surface area contributed by atoms with Gasteiger partial charge in [-0.15, -0.1) is 10.2 Å². The first-order valence-electron chi connectivity index (χ1n) is 5.17. The third-order valence-electron chi connectivity index (χ3n) is 2.22. The van der Waals surface area contributed by atoms with Crippen molar-refractivity contribution in [3.05, 3.63) is 41.2 Å². The molecular formula is C11H12N4O2. The highest BCUT2D eigenvalue weighted by atomic mass is 16.4. The SMILES string of the molecule is Cc1cccc(Cc2nnn(CC(=O)O)n2)c1. The predicted molar refractivity (Wildman–Crippen MR) is 59.4 cm³/mol. The van der Waals surface area contributed by atoms with Crippen LogP contribution in [0.2, 0.25) is 0 Å². The van der Waals surface area contributed by atoms with Crippen LogP contribution < -0.4 is 0 Å². The molecule has 17 heavy (non-hydrogen) atoms. The van der Waals surface area contributed by atoms with E-state index in [4.69, 9.17) is 5.11 Å². The first-order chi connectivity index (χ1) is 8.13. The van der Waals surface area contributed by atoms with Gasteiger partial charge in [-0.3, -0.25) is 4.79 Å². The van der Waals surface area contributed by atoms with E-state index in [1.165, 1.54) is 5.56 Å². The lowest BCUT2D eigenvalue weighted by Crippen LogP contribution is -2.11. The summed E-state index contributed by atoms with van der Waals surface area (Å²) in [5.74, 6) is -0.457. The summed E-state index contributed by atoms with van der Waals surface area (Å²) in [7, 11) is 0. The van der Waals surface area contributed by atoms with Crippen LogP contribution in [0.4, 0.5) is 0 Å². The number of carboxylic acids is 1. The van der Waals surface area contributed by atoms with Gasteiger partial charge in [0.15, 0.2) is 12.4 Å². The van der Waals surface area contributed by atoms with E-state index in [0.717, 1.165) is 10.4 Å². The molecule has 1 heterocycles. The van der Waals surface area contributed by atoms with Gasteiger partial charge in [0.05, 0.1) is 0 Å². The molecule has 0 spiro atoms. The molecule has 0 bridgehead atoms. The Morgan fingerprint density at radius 2 is 2.29 bits per heavy atom. The predicted octanol–water partition coefficient (Wildman–Crippen LogP) is 0.657. The van der Waals surface area contributed by atoms with E-state index >= 15 is 0 Å². The van der Waals surface area contributed by atoms with Crippen molar-refractivity contribution < 1.29 is 9.90 Å². The molecule has 0 saturated carbocycles. The topological polar surface area (TPSA) is 80.9 Å². The van der Waals surface area contributed by atoms with Crippen LogP contribution in [-0.4, -0.2) is 31.3 Å². The van der Waals surface area contributed by atoms with Crippen molar-refractivity contribution in [3.63, 3.8) is 0 Å². The summed E-state index contributed by atoms with van der Waals surface area (Å²) < 4.78 is 0. The van der Waals surface area contributed by atoms with Gasteiger partial charge in [0, 0.05) is 6.42 Å². The lowest BCUT2D eigenvalue weighted by molar-refractivity contribution is -0.138. The minimum atomic E-state index is -0.982. The summed E-state index contributed by atoms with van der Waals surface area (Å²) in [5, 5.41) is 20.0. The van der Waals surface area contributed by atoms with Crippen LogP contribution in [0.1, 0.15) is 17.0 Å². The van der Waals surface area contributed by atoms with Crippen molar-refractivity contribution in [3.8, 4) is 0 Å². The van der Waals surface area contributed by atoms with Crippen molar-refractivity contribution in [2.24, 2.45) is 0 Å². The number of benzene rings is 1. The van der Waals surface area contributed by atoms with Crippen LogP contribution >= 0.6 is 0 Å². The maximum atomic E-state index is 10.5. The van der Waals surface area contributed by atoms with Crippen LogP contribution in [0, 0.1) is 6.92 Å². The third kappa shape index (κ3) is 3.10. The summed E-state index contributed by atoms with van der Waals surface area (Å²) in [6.07, 6.45) is 0.557. The molecule has 0 aliphatic heterocycles. The molecule has 1 aromatic carbocycles. The van der Waals surface area contributed by atoms with E-state index in [1.807, 2.05) is 31.2 Å². The second kappa shape index (κ2) is 4.73. The highest BCUT2D eigenvalue weighted by Gasteiger charge is 2.06. The zero-order valence-electron chi connectivity index (χ0n) is 9.37. The van der Waals surface area contributed by atoms with Gasteiger partial charge < -0.3 is 5.11 Å². The number of rotatable bonds is 4. The lowest BCUT2D eigenvalue weighted by Gasteiger charge is -1.98. The molecule has 1 aromatic heterocycles. The molecule has 0 radical (unpaired) electrons. The first kappa shape index (κ1) is 11.3. The van der Waals surface area contributed by atoms with Gasteiger partial charge in [-0.25, -0.2) is 0 Å². The fraction of sp³-hybridized carbons (Fsp3) is 0.273. The molecule has 0 atom stereocenters. The molecule has 2 aromatic rings. The highest BCUT2D eigenvalue weighted by molar-refractivity contribution is 5.66. The number of hydrogen-bond acceptors (Lipinski definition) is 4. The molecule has 6 heteroatoms. The molecule has 6 nitrogen and oxygen atoms in total. The number of hydrogen-bond donors (Lipinski definition) is 1. The lowest BCUT2D eigenvalue weighted by atomic mass is 10.1. The van der Waals surface area contributed by atoms with Crippen molar-refractivity contribution in [1.82, 2.24) is 20.2 Å². The van der Waals surface area contributed by atoms with Crippen LogP contribution in [0.25, 0.3) is 0 Å². The molecule has 88 valence electrons. The summed E-state index contributed by atoms with van der Waals surface area (Å²) in [6, 6.07) is 7.99. The Bertz CT molecular complexity index is 536. The number of aromatic nitrogens is 4. The molecule has 0 saturated heterocycles. The number of carbonyl (C=O) groups is 1. The normalized spacial score (nSPS) is 10.4. The van der Waals surface area contributed by atoms with Crippen molar-refractivity contribution in [1.29, 1.82) is 0 Å². The average molecular weight is 232 g/mol. The van der Waals surface area contributed by atoms with E-state index in [-0.39, 0.29) is 6.54 Å². The zero-order chi connectivity index (χ0) is 12.3. The Balaban J connectivity index is 2.08. The van der Waals surface area contributed by atoms with Gasteiger partial charge in [-0.05, 0) is 17.7 Å². The molecule has 0 unspecified atom stereocenters. The average Bonchev–Trinajstić information content (AvgIpc) is 2.64. The second-order valence-electron chi connectivity index (χ2n) is 3.80. The zero-order valence-corrected chi connectivity index (χ0v) is 9.37. The second-order valence-corrected chi connectivity index (χ2v) is 3.80. The molecule has 0 amide bonds.